The zero-order valence-electron chi connectivity index (χ0n) is 14.3. The van der Waals surface area contributed by atoms with Gasteiger partial charge in [-0.25, -0.2) is 9.97 Å². The minimum absolute atomic E-state index is 0.0194. The van der Waals surface area contributed by atoms with Crippen LogP contribution < -0.4 is 10.5 Å². The van der Waals surface area contributed by atoms with Gasteiger partial charge in [-0.05, 0) is 18.6 Å². The first-order chi connectivity index (χ1) is 12.1. The Morgan fingerprint density at radius 1 is 1.12 bits per heavy atom. The number of benzene rings is 1. The number of pyridine rings is 1. The maximum atomic E-state index is 13.1. The first-order valence-corrected chi connectivity index (χ1v) is 8.90. The second-order valence-electron chi connectivity index (χ2n) is 6.23. The summed E-state index contributed by atoms with van der Waals surface area (Å²) in [6.07, 6.45) is 3.43. The van der Waals surface area contributed by atoms with Crippen LogP contribution in [-0.4, -0.2) is 28.6 Å². The molecule has 1 atom stereocenters. The van der Waals surface area contributed by atoms with Crippen molar-refractivity contribution in [3.05, 3.63) is 64.8 Å². The minimum atomic E-state index is -0.0721. The number of aromatic nitrogens is 3. The summed E-state index contributed by atoms with van der Waals surface area (Å²) in [5.74, 6) is 0. The molecule has 4 rings (SSSR count). The van der Waals surface area contributed by atoms with Crippen molar-refractivity contribution >= 4 is 37.5 Å². The average molecular weight is 350 g/mol. The fraction of sp³-hybridized carbons (Fsp3) is 0.211. The van der Waals surface area contributed by atoms with Gasteiger partial charge in [-0.15, -0.1) is 11.3 Å². The van der Waals surface area contributed by atoms with Crippen LogP contribution in [0.4, 0.5) is 5.69 Å². The minimum Gasteiger partial charge on any atom is -0.377 e. The Hall–Kier alpha value is -2.73. The lowest BCUT2D eigenvalue weighted by atomic mass is 10.1. The molecule has 0 spiro atoms. The van der Waals surface area contributed by atoms with Crippen LogP contribution in [0.25, 0.3) is 20.4 Å². The van der Waals surface area contributed by atoms with Gasteiger partial charge in [0.05, 0.1) is 29.0 Å². The topological polar surface area (TPSA) is 51.0 Å². The molecule has 5 nitrogen and oxygen atoms in total. The van der Waals surface area contributed by atoms with Crippen LogP contribution in [0, 0.1) is 0 Å². The SMILES string of the molecule is CC(c1ccccc1)n1cnc2c(sc3nccc(N(C)C)c32)c1=O. The highest BCUT2D eigenvalue weighted by molar-refractivity contribution is 7.25. The molecule has 0 aliphatic heterocycles. The van der Waals surface area contributed by atoms with Crippen molar-refractivity contribution < 1.29 is 0 Å². The lowest BCUT2D eigenvalue weighted by Gasteiger charge is -2.15. The largest absolute Gasteiger partial charge is 0.377 e. The molecule has 0 amide bonds. The van der Waals surface area contributed by atoms with Crippen molar-refractivity contribution in [2.24, 2.45) is 0 Å². The Balaban J connectivity index is 1.97. The summed E-state index contributed by atoms with van der Waals surface area (Å²) in [4.78, 5) is 25.0. The molecule has 0 radical (unpaired) electrons. The summed E-state index contributed by atoms with van der Waals surface area (Å²) < 4.78 is 2.35. The van der Waals surface area contributed by atoms with Gasteiger partial charge in [0.25, 0.3) is 5.56 Å². The summed E-state index contributed by atoms with van der Waals surface area (Å²) >= 11 is 1.41. The lowest BCUT2D eigenvalue weighted by molar-refractivity contribution is 0.610. The van der Waals surface area contributed by atoms with Crippen LogP contribution in [0.1, 0.15) is 18.5 Å². The fourth-order valence-electron chi connectivity index (χ4n) is 3.09. The van der Waals surface area contributed by atoms with Gasteiger partial charge in [0.15, 0.2) is 0 Å². The Morgan fingerprint density at radius 3 is 2.60 bits per heavy atom. The van der Waals surface area contributed by atoms with E-state index in [4.69, 9.17) is 0 Å². The van der Waals surface area contributed by atoms with E-state index >= 15 is 0 Å². The monoisotopic (exact) mass is 350 g/mol. The Kier molecular flexibility index (Phi) is 3.77. The van der Waals surface area contributed by atoms with Crippen molar-refractivity contribution in [2.45, 2.75) is 13.0 Å². The normalized spacial score (nSPS) is 12.6. The maximum Gasteiger partial charge on any atom is 0.271 e. The number of thiophene rings is 1. The van der Waals surface area contributed by atoms with Gasteiger partial charge in [0.1, 0.15) is 9.53 Å². The molecule has 3 heterocycles. The standard InChI is InChI=1S/C19H18N4OS/c1-12(13-7-5-4-6-8-13)23-11-21-16-15-14(22(2)3)9-10-20-18(15)25-17(16)19(23)24/h4-12H,1-3H3. The number of rotatable bonds is 3. The predicted molar refractivity (Wildman–Crippen MR) is 104 cm³/mol. The molecular formula is C19H18N4OS. The average Bonchev–Trinajstić information content (AvgIpc) is 3.02. The van der Waals surface area contributed by atoms with E-state index < -0.39 is 0 Å². The molecule has 0 N–H and O–H groups in total. The Labute approximate surface area is 149 Å². The molecule has 3 aromatic heterocycles. The summed E-state index contributed by atoms with van der Waals surface area (Å²) in [6.45, 7) is 2.01. The van der Waals surface area contributed by atoms with E-state index in [1.807, 2.05) is 62.3 Å². The van der Waals surface area contributed by atoms with Gasteiger partial charge in [-0.2, -0.15) is 0 Å². The first-order valence-electron chi connectivity index (χ1n) is 8.08. The van der Waals surface area contributed by atoms with E-state index in [9.17, 15) is 4.79 Å². The second-order valence-corrected chi connectivity index (χ2v) is 7.23. The van der Waals surface area contributed by atoms with Gasteiger partial charge >= 0.3 is 0 Å². The Bertz CT molecular complexity index is 1110. The van der Waals surface area contributed by atoms with E-state index in [0.717, 1.165) is 27.0 Å². The van der Waals surface area contributed by atoms with Gasteiger partial charge in [0, 0.05) is 20.3 Å². The third-order valence-corrected chi connectivity index (χ3v) is 5.54. The predicted octanol–water partition coefficient (Wildman–Crippen LogP) is 3.68. The zero-order valence-corrected chi connectivity index (χ0v) is 15.1. The number of fused-ring (bicyclic) bond motifs is 3. The van der Waals surface area contributed by atoms with Crippen LogP contribution in [0.2, 0.25) is 0 Å². The van der Waals surface area contributed by atoms with E-state index in [1.165, 1.54) is 11.3 Å². The molecule has 0 aliphatic rings. The van der Waals surface area contributed by atoms with Crippen LogP contribution >= 0.6 is 11.3 Å². The molecule has 1 unspecified atom stereocenters. The molecule has 4 aromatic rings. The number of anilines is 1. The molecule has 126 valence electrons. The van der Waals surface area contributed by atoms with Crippen molar-refractivity contribution in [2.75, 3.05) is 19.0 Å². The van der Waals surface area contributed by atoms with E-state index in [2.05, 4.69) is 9.97 Å². The van der Waals surface area contributed by atoms with Crippen molar-refractivity contribution in [3.63, 3.8) is 0 Å². The molecule has 1 aromatic carbocycles. The summed E-state index contributed by atoms with van der Waals surface area (Å²) in [7, 11) is 3.97. The Morgan fingerprint density at radius 2 is 1.88 bits per heavy atom. The van der Waals surface area contributed by atoms with Crippen LogP contribution in [0.5, 0.6) is 0 Å². The molecule has 0 bridgehead atoms. The summed E-state index contributed by atoms with van der Waals surface area (Å²) in [5.41, 5.74) is 2.82. The second kappa shape index (κ2) is 5.97. The highest BCUT2D eigenvalue weighted by Gasteiger charge is 2.18. The zero-order chi connectivity index (χ0) is 17.6. The number of hydrogen-bond donors (Lipinski definition) is 0. The molecule has 0 saturated carbocycles. The quantitative estimate of drug-likeness (QED) is 0.565. The molecule has 6 heteroatoms. The van der Waals surface area contributed by atoms with E-state index in [-0.39, 0.29) is 11.6 Å². The van der Waals surface area contributed by atoms with Crippen LogP contribution in [0.3, 0.4) is 0 Å². The van der Waals surface area contributed by atoms with Crippen molar-refractivity contribution in [3.8, 4) is 0 Å². The van der Waals surface area contributed by atoms with Crippen LogP contribution in [-0.2, 0) is 0 Å². The molecule has 0 fully saturated rings. The summed E-state index contributed by atoms with van der Waals surface area (Å²) in [6, 6.07) is 11.9. The lowest BCUT2D eigenvalue weighted by Crippen LogP contribution is -2.23. The van der Waals surface area contributed by atoms with Gasteiger partial charge < -0.3 is 4.90 Å². The molecular weight excluding hydrogens is 332 g/mol. The fourth-order valence-corrected chi connectivity index (χ4v) is 4.14. The van der Waals surface area contributed by atoms with Crippen LogP contribution in [0.15, 0.2) is 53.7 Å². The number of nitrogens with zero attached hydrogens (tertiary/aromatic N) is 4. The molecule has 25 heavy (non-hydrogen) atoms. The number of hydrogen-bond acceptors (Lipinski definition) is 5. The third-order valence-electron chi connectivity index (χ3n) is 4.47. The smallest absolute Gasteiger partial charge is 0.271 e. The summed E-state index contributed by atoms with van der Waals surface area (Å²) in [5, 5.41) is 0.948. The molecule has 0 saturated heterocycles. The van der Waals surface area contributed by atoms with Crippen molar-refractivity contribution in [1.29, 1.82) is 0 Å². The highest BCUT2D eigenvalue weighted by Crippen LogP contribution is 2.35. The van der Waals surface area contributed by atoms with Gasteiger partial charge in [-0.3, -0.25) is 9.36 Å². The van der Waals surface area contributed by atoms with Gasteiger partial charge in [-0.1, -0.05) is 30.3 Å². The van der Waals surface area contributed by atoms with E-state index in [1.54, 1.807) is 17.1 Å². The van der Waals surface area contributed by atoms with E-state index in [0.29, 0.717) is 4.70 Å². The first kappa shape index (κ1) is 15.8. The third kappa shape index (κ3) is 2.49. The van der Waals surface area contributed by atoms with Gasteiger partial charge in [0.2, 0.25) is 0 Å². The highest BCUT2D eigenvalue weighted by atomic mass is 32.1. The molecule has 0 aliphatic carbocycles. The maximum absolute atomic E-state index is 13.1. The van der Waals surface area contributed by atoms with Crippen molar-refractivity contribution in [1.82, 2.24) is 14.5 Å².